The topological polar surface area (TPSA) is 21.3 Å². The molecule has 0 aromatic carbocycles. The highest BCUT2D eigenvalue weighted by Gasteiger charge is 2.14. The first kappa shape index (κ1) is 10.9. The van der Waals surface area contributed by atoms with Crippen molar-refractivity contribution in [2.75, 3.05) is 7.11 Å². The van der Waals surface area contributed by atoms with Crippen LogP contribution in [0.5, 0.6) is 0 Å². The molecule has 0 aromatic rings. The van der Waals surface area contributed by atoms with Crippen LogP contribution in [0.2, 0.25) is 0 Å². The van der Waals surface area contributed by atoms with E-state index in [2.05, 4.69) is 33.0 Å². The van der Waals surface area contributed by atoms with Gasteiger partial charge in [-0.15, -0.1) is 0 Å². The minimum Gasteiger partial charge on any atom is -0.380 e. The van der Waals surface area contributed by atoms with Crippen LogP contribution in [-0.2, 0) is 4.74 Å². The van der Waals surface area contributed by atoms with Gasteiger partial charge in [0.15, 0.2) is 0 Å². The van der Waals surface area contributed by atoms with E-state index in [1.807, 2.05) is 0 Å². The predicted octanol–water partition coefficient (Wildman–Crippen LogP) is 1.80. The lowest BCUT2D eigenvalue weighted by atomic mass is 10.1. The normalized spacial score (nSPS) is 16.9. The Morgan fingerprint density at radius 1 is 1.27 bits per heavy atom. The molecule has 2 atom stereocenters. The van der Waals surface area contributed by atoms with Gasteiger partial charge >= 0.3 is 0 Å². The quantitative estimate of drug-likeness (QED) is 0.660. The van der Waals surface area contributed by atoms with Crippen molar-refractivity contribution in [2.24, 2.45) is 0 Å². The molecule has 0 aliphatic rings. The number of rotatable bonds is 5. The Morgan fingerprint density at radius 3 is 2.09 bits per heavy atom. The molecule has 0 aliphatic carbocycles. The van der Waals surface area contributed by atoms with Gasteiger partial charge in [-0.05, 0) is 13.3 Å². The number of hydrogen-bond acceptors (Lipinski definition) is 2. The first-order chi connectivity index (χ1) is 5.11. The third kappa shape index (κ3) is 4.38. The monoisotopic (exact) mass is 159 g/mol. The molecule has 0 bridgehead atoms. The maximum absolute atomic E-state index is 5.30. The van der Waals surface area contributed by atoms with E-state index in [1.54, 1.807) is 7.11 Å². The van der Waals surface area contributed by atoms with Crippen LogP contribution in [0.3, 0.4) is 0 Å². The molecule has 0 amide bonds. The van der Waals surface area contributed by atoms with Gasteiger partial charge in [-0.25, -0.2) is 0 Å². The fourth-order valence-electron chi connectivity index (χ4n) is 1.36. The zero-order valence-electron chi connectivity index (χ0n) is 8.35. The SMILES string of the molecule is CCC(OC)C(C)NC(C)C. The fourth-order valence-corrected chi connectivity index (χ4v) is 1.36. The highest BCUT2D eigenvalue weighted by Crippen LogP contribution is 2.02. The molecule has 0 aromatic heterocycles. The van der Waals surface area contributed by atoms with E-state index in [0.717, 1.165) is 6.42 Å². The van der Waals surface area contributed by atoms with Crippen LogP contribution in [0.4, 0.5) is 0 Å². The summed E-state index contributed by atoms with van der Waals surface area (Å²) < 4.78 is 5.30. The van der Waals surface area contributed by atoms with Crippen LogP contribution in [0.25, 0.3) is 0 Å². The largest absolute Gasteiger partial charge is 0.380 e. The Bertz CT molecular complexity index is 89.6. The number of ether oxygens (including phenoxy) is 1. The summed E-state index contributed by atoms with van der Waals surface area (Å²) in [7, 11) is 1.77. The van der Waals surface area contributed by atoms with E-state index in [4.69, 9.17) is 4.74 Å². The number of methoxy groups -OCH3 is 1. The van der Waals surface area contributed by atoms with Crippen molar-refractivity contribution in [3.63, 3.8) is 0 Å². The summed E-state index contributed by atoms with van der Waals surface area (Å²) in [6.07, 6.45) is 1.41. The lowest BCUT2D eigenvalue weighted by Crippen LogP contribution is -2.41. The Balaban J connectivity index is 3.68. The molecular weight excluding hydrogens is 138 g/mol. The fraction of sp³-hybridized carbons (Fsp3) is 1.00. The average molecular weight is 159 g/mol. The van der Waals surface area contributed by atoms with Gasteiger partial charge in [-0.2, -0.15) is 0 Å². The molecule has 0 rings (SSSR count). The minimum absolute atomic E-state index is 0.345. The van der Waals surface area contributed by atoms with Crippen LogP contribution in [0.15, 0.2) is 0 Å². The second-order valence-electron chi connectivity index (χ2n) is 3.29. The molecule has 0 saturated heterocycles. The summed E-state index contributed by atoms with van der Waals surface area (Å²) >= 11 is 0. The first-order valence-electron chi connectivity index (χ1n) is 4.40. The summed E-state index contributed by atoms with van der Waals surface area (Å²) in [5.74, 6) is 0. The van der Waals surface area contributed by atoms with E-state index >= 15 is 0 Å². The molecule has 0 spiro atoms. The Kier molecular flexibility index (Phi) is 5.51. The Labute approximate surface area is 70.3 Å². The maximum Gasteiger partial charge on any atom is 0.0719 e. The van der Waals surface area contributed by atoms with E-state index < -0.39 is 0 Å². The zero-order chi connectivity index (χ0) is 8.85. The summed E-state index contributed by atoms with van der Waals surface area (Å²) in [6, 6.07) is 0.985. The molecule has 0 saturated carbocycles. The van der Waals surface area contributed by atoms with Gasteiger partial charge < -0.3 is 10.1 Å². The van der Waals surface area contributed by atoms with Crippen molar-refractivity contribution >= 4 is 0 Å². The highest BCUT2D eigenvalue weighted by molar-refractivity contribution is 4.72. The molecule has 2 nitrogen and oxygen atoms in total. The van der Waals surface area contributed by atoms with Crippen molar-refractivity contribution in [3.05, 3.63) is 0 Å². The third-order valence-corrected chi connectivity index (χ3v) is 1.86. The van der Waals surface area contributed by atoms with Crippen molar-refractivity contribution in [1.29, 1.82) is 0 Å². The van der Waals surface area contributed by atoms with E-state index in [9.17, 15) is 0 Å². The van der Waals surface area contributed by atoms with Gasteiger partial charge in [0.05, 0.1) is 6.10 Å². The molecule has 0 aliphatic heterocycles. The summed E-state index contributed by atoms with van der Waals surface area (Å²) in [5, 5.41) is 3.42. The van der Waals surface area contributed by atoms with Crippen LogP contribution in [0.1, 0.15) is 34.1 Å². The summed E-state index contributed by atoms with van der Waals surface area (Å²) in [6.45, 7) is 8.61. The van der Waals surface area contributed by atoms with Crippen molar-refractivity contribution < 1.29 is 4.74 Å². The number of nitrogens with one attached hydrogen (secondary N) is 1. The molecule has 0 fully saturated rings. The second kappa shape index (κ2) is 5.56. The molecular formula is C9H21NO. The van der Waals surface area contributed by atoms with E-state index in [-0.39, 0.29) is 0 Å². The van der Waals surface area contributed by atoms with Crippen molar-refractivity contribution in [1.82, 2.24) is 5.32 Å². The molecule has 1 N–H and O–H groups in total. The molecule has 2 unspecified atom stereocenters. The summed E-state index contributed by atoms with van der Waals surface area (Å²) in [5.41, 5.74) is 0. The molecule has 11 heavy (non-hydrogen) atoms. The minimum atomic E-state index is 0.345. The van der Waals surface area contributed by atoms with Crippen LogP contribution >= 0.6 is 0 Å². The van der Waals surface area contributed by atoms with Crippen LogP contribution in [-0.4, -0.2) is 25.3 Å². The number of hydrogen-bond donors (Lipinski definition) is 1. The lowest BCUT2D eigenvalue weighted by Gasteiger charge is -2.24. The zero-order valence-corrected chi connectivity index (χ0v) is 8.35. The smallest absolute Gasteiger partial charge is 0.0719 e. The Hall–Kier alpha value is -0.0800. The van der Waals surface area contributed by atoms with Gasteiger partial charge in [-0.3, -0.25) is 0 Å². The van der Waals surface area contributed by atoms with Crippen molar-refractivity contribution in [3.8, 4) is 0 Å². The molecule has 0 heterocycles. The Morgan fingerprint density at radius 2 is 1.82 bits per heavy atom. The van der Waals surface area contributed by atoms with Crippen molar-refractivity contribution in [2.45, 2.75) is 52.3 Å². The van der Waals surface area contributed by atoms with E-state index in [0.29, 0.717) is 18.2 Å². The average Bonchev–Trinajstić information content (AvgIpc) is 1.88. The lowest BCUT2D eigenvalue weighted by molar-refractivity contribution is 0.0682. The molecule has 68 valence electrons. The van der Waals surface area contributed by atoms with Crippen LogP contribution < -0.4 is 5.32 Å². The van der Waals surface area contributed by atoms with Gasteiger partial charge in [-0.1, -0.05) is 20.8 Å². The van der Waals surface area contributed by atoms with Gasteiger partial charge in [0, 0.05) is 19.2 Å². The van der Waals surface area contributed by atoms with E-state index in [1.165, 1.54) is 0 Å². The summed E-state index contributed by atoms with van der Waals surface area (Å²) in [4.78, 5) is 0. The van der Waals surface area contributed by atoms with Crippen LogP contribution in [0, 0.1) is 0 Å². The highest BCUT2D eigenvalue weighted by atomic mass is 16.5. The second-order valence-corrected chi connectivity index (χ2v) is 3.29. The maximum atomic E-state index is 5.30. The predicted molar refractivity (Wildman–Crippen MR) is 48.8 cm³/mol. The van der Waals surface area contributed by atoms with Gasteiger partial charge in [0.2, 0.25) is 0 Å². The first-order valence-corrected chi connectivity index (χ1v) is 4.40. The standard InChI is InChI=1S/C9H21NO/c1-6-9(11-5)8(4)10-7(2)3/h7-10H,6H2,1-5H3. The molecule has 2 heteroatoms. The molecule has 0 radical (unpaired) electrons. The third-order valence-electron chi connectivity index (χ3n) is 1.86. The van der Waals surface area contributed by atoms with Gasteiger partial charge in [0.25, 0.3) is 0 Å². The van der Waals surface area contributed by atoms with Gasteiger partial charge in [0.1, 0.15) is 0 Å².